The topological polar surface area (TPSA) is 38.0 Å². The van der Waals surface area contributed by atoms with Crippen LogP contribution in [0.1, 0.15) is 31.7 Å². The van der Waals surface area contributed by atoms with E-state index in [1.54, 1.807) is 0 Å². The number of thioether (sulfide) groups is 1. The molecule has 0 bridgehead atoms. The molecule has 1 aromatic heterocycles. The molecule has 1 saturated heterocycles. The molecule has 1 fully saturated rings. The molecule has 3 nitrogen and oxygen atoms in total. The van der Waals surface area contributed by atoms with Gasteiger partial charge in [-0.25, -0.2) is 0 Å². The van der Waals surface area contributed by atoms with Gasteiger partial charge in [0.25, 0.3) is 0 Å². The molecule has 0 spiro atoms. The number of rotatable bonds is 4. The maximum atomic E-state index is 10.4. The van der Waals surface area contributed by atoms with Gasteiger partial charge in [0, 0.05) is 24.4 Å². The molecule has 0 amide bonds. The summed E-state index contributed by atoms with van der Waals surface area (Å²) in [6, 6.07) is 2.14. The Bertz CT molecular complexity index is 356. The minimum Gasteiger partial charge on any atom is -0.389 e. The lowest BCUT2D eigenvalue weighted by Crippen LogP contribution is -2.31. The third-order valence-electron chi connectivity index (χ3n) is 3.17. The zero-order valence-electron chi connectivity index (χ0n) is 10.1. The molecular formula is C12H20N2OS. The molecule has 1 unspecified atom stereocenters. The van der Waals surface area contributed by atoms with Crippen LogP contribution >= 0.6 is 11.8 Å². The Morgan fingerprint density at radius 3 is 2.94 bits per heavy atom. The number of hydrogen-bond donors (Lipinski definition) is 1. The van der Waals surface area contributed by atoms with Crippen LogP contribution in [0.15, 0.2) is 6.07 Å². The quantitative estimate of drug-likeness (QED) is 0.873. The van der Waals surface area contributed by atoms with Crippen molar-refractivity contribution < 1.29 is 5.11 Å². The Morgan fingerprint density at radius 2 is 2.38 bits per heavy atom. The fourth-order valence-electron chi connectivity index (χ4n) is 2.18. The SMILES string of the molecule is CCc1cc(CC2(O)CCSC2)n(CC)n1. The third kappa shape index (κ3) is 2.43. The standard InChI is InChI=1S/C12H20N2OS/c1-3-10-7-11(14(4-2)13-10)8-12(15)5-6-16-9-12/h7,15H,3-6,8-9H2,1-2H3. The summed E-state index contributed by atoms with van der Waals surface area (Å²) in [4.78, 5) is 0. The average molecular weight is 240 g/mol. The van der Waals surface area contributed by atoms with Crippen LogP contribution in [0.4, 0.5) is 0 Å². The normalized spacial score (nSPS) is 25.2. The lowest BCUT2D eigenvalue weighted by Gasteiger charge is -2.21. The molecular weight excluding hydrogens is 220 g/mol. The van der Waals surface area contributed by atoms with Gasteiger partial charge in [0.2, 0.25) is 0 Å². The number of hydrogen-bond acceptors (Lipinski definition) is 3. The van der Waals surface area contributed by atoms with Gasteiger partial charge in [0.1, 0.15) is 0 Å². The van der Waals surface area contributed by atoms with Crippen molar-refractivity contribution in [1.82, 2.24) is 9.78 Å². The lowest BCUT2D eigenvalue weighted by molar-refractivity contribution is 0.0664. The van der Waals surface area contributed by atoms with Crippen LogP contribution in [0.3, 0.4) is 0 Å². The van der Waals surface area contributed by atoms with Gasteiger partial charge in [0.05, 0.1) is 11.3 Å². The van der Waals surface area contributed by atoms with Crippen molar-refractivity contribution in [3.63, 3.8) is 0 Å². The average Bonchev–Trinajstić information content (AvgIpc) is 2.85. The zero-order valence-corrected chi connectivity index (χ0v) is 10.9. The van der Waals surface area contributed by atoms with Gasteiger partial charge < -0.3 is 5.11 Å². The highest BCUT2D eigenvalue weighted by Crippen LogP contribution is 2.31. The minimum absolute atomic E-state index is 0.497. The van der Waals surface area contributed by atoms with E-state index in [2.05, 4.69) is 25.0 Å². The summed E-state index contributed by atoms with van der Waals surface area (Å²) in [7, 11) is 0. The first kappa shape index (κ1) is 12.0. The van der Waals surface area contributed by atoms with E-state index in [1.807, 2.05) is 16.4 Å². The van der Waals surface area contributed by atoms with Gasteiger partial charge in [-0.15, -0.1) is 0 Å². The zero-order chi connectivity index (χ0) is 11.6. The van der Waals surface area contributed by atoms with E-state index in [1.165, 1.54) is 5.69 Å². The predicted octanol–water partition coefficient (Wildman–Crippen LogP) is 1.88. The second kappa shape index (κ2) is 4.80. The highest BCUT2D eigenvalue weighted by Gasteiger charge is 2.33. The Morgan fingerprint density at radius 1 is 1.56 bits per heavy atom. The molecule has 4 heteroatoms. The summed E-state index contributed by atoms with van der Waals surface area (Å²) in [5, 5.41) is 14.9. The fourth-order valence-corrected chi connectivity index (χ4v) is 3.47. The van der Waals surface area contributed by atoms with Crippen LogP contribution in [0, 0.1) is 0 Å². The summed E-state index contributed by atoms with van der Waals surface area (Å²) < 4.78 is 2.03. The first-order chi connectivity index (χ1) is 7.67. The summed E-state index contributed by atoms with van der Waals surface area (Å²) in [5.74, 6) is 1.95. The first-order valence-electron chi connectivity index (χ1n) is 6.02. The molecule has 0 aliphatic carbocycles. The van der Waals surface area contributed by atoms with E-state index in [9.17, 15) is 5.11 Å². The molecule has 1 aliphatic rings. The van der Waals surface area contributed by atoms with E-state index < -0.39 is 5.60 Å². The monoisotopic (exact) mass is 240 g/mol. The second-order valence-corrected chi connectivity index (χ2v) is 5.61. The van der Waals surface area contributed by atoms with Crippen LogP contribution < -0.4 is 0 Å². The maximum Gasteiger partial charge on any atom is 0.0800 e. The number of aliphatic hydroxyl groups is 1. The Balaban J connectivity index is 2.16. The smallest absolute Gasteiger partial charge is 0.0800 e. The Hall–Kier alpha value is -0.480. The first-order valence-corrected chi connectivity index (χ1v) is 7.18. The largest absolute Gasteiger partial charge is 0.389 e. The van der Waals surface area contributed by atoms with E-state index in [4.69, 9.17) is 0 Å². The highest BCUT2D eigenvalue weighted by molar-refractivity contribution is 7.99. The van der Waals surface area contributed by atoms with Crippen LogP contribution in [0.5, 0.6) is 0 Å². The van der Waals surface area contributed by atoms with E-state index in [0.29, 0.717) is 0 Å². The van der Waals surface area contributed by atoms with Crippen LogP contribution in [-0.2, 0) is 19.4 Å². The van der Waals surface area contributed by atoms with E-state index in [0.717, 1.165) is 43.0 Å². The van der Waals surface area contributed by atoms with Gasteiger partial charge in [-0.3, -0.25) is 4.68 Å². The maximum absolute atomic E-state index is 10.4. The highest BCUT2D eigenvalue weighted by atomic mass is 32.2. The van der Waals surface area contributed by atoms with Crippen molar-refractivity contribution in [2.24, 2.45) is 0 Å². The molecule has 0 aromatic carbocycles. The summed E-state index contributed by atoms with van der Waals surface area (Å²) in [6.07, 6.45) is 2.63. The molecule has 16 heavy (non-hydrogen) atoms. The third-order valence-corrected chi connectivity index (χ3v) is 4.40. The summed E-state index contributed by atoms with van der Waals surface area (Å²) in [6.45, 7) is 5.11. The van der Waals surface area contributed by atoms with Gasteiger partial charge in [0.15, 0.2) is 0 Å². The molecule has 1 aromatic rings. The van der Waals surface area contributed by atoms with E-state index >= 15 is 0 Å². The van der Waals surface area contributed by atoms with Crippen molar-refractivity contribution >= 4 is 11.8 Å². The molecule has 2 rings (SSSR count). The second-order valence-electron chi connectivity index (χ2n) is 4.50. The van der Waals surface area contributed by atoms with Crippen molar-refractivity contribution in [2.45, 2.75) is 45.3 Å². The molecule has 1 aliphatic heterocycles. The molecule has 1 N–H and O–H groups in total. The number of aromatic nitrogens is 2. The number of nitrogens with zero attached hydrogens (tertiary/aromatic N) is 2. The van der Waals surface area contributed by atoms with Crippen molar-refractivity contribution in [1.29, 1.82) is 0 Å². The van der Waals surface area contributed by atoms with Gasteiger partial charge in [-0.1, -0.05) is 6.92 Å². The van der Waals surface area contributed by atoms with Crippen LogP contribution in [0.25, 0.3) is 0 Å². The van der Waals surface area contributed by atoms with Crippen molar-refractivity contribution in [2.75, 3.05) is 11.5 Å². The molecule has 0 saturated carbocycles. The predicted molar refractivity (Wildman–Crippen MR) is 67.9 cm³/mol. The summed E-state index contributed by atoms with van der Waals surface area (Å²) in [5.41, 5.74) is 1.82. The molecule has 1 atom stereocenters. The Labute approximate surface area is 101 Å². The lowest BCUT2D eigenvalue weighted by atomic mass is 9.97. The van der Waals surface area contributed by atoms with Gasteiger partial charge in [-0.05, 0) is 31.6 Å². The fraction of sp³-hybridized carbons (Fsp3) is 0.750. The van der Waals surface area contributed by atoms with E-state index in [-0.39, 0.29) is 0 Å². The Kier molecular flexibility index (Phi) is 3.60. The number of aryl methyl sites for hydroxylation is 2. The minimum atomic E-state index is -0.497. The molecule has 90 valence electrons. The molecule has 0 radical (unpaired) electrons. The summed E-state index contributed by atoms with van der Waals surface area (Å²) >= 11 is 1.85. The van der Waals surface area contributed by atoms with Crippen LogP contribution in [0.2, 0.25) is 0 Å². The van der Waals surface area contributed by atoms with Crippen molar-refractivity contribution in [3.8, 4) is 0 Å². The van der Waals surface area contributed by atoms with Gasteiger partial charge in [-0.2, -0.15) is 16.9 Å². The van der Waals surface area contributed by atoms with Crippen LogP contribution in [-0.4, -0.2) is 32.0 Å². The van der Waals surface area contributed by atoms with Gasteiger partial charge >= 0.3 is 0 Å². The molecule has 2 heterocycles. The van der Waals surface area contributed by atoms with Crippen molar-refractivity contribution in [3.05, 3.63) is 17.5 Å².